The zero-order valence-corrected chi connectivity index (χ0v) is 19.5. The Bertz CT molecular complexity index is 1380. The minimum absolute atomic E-state index is 0.110. The summed E-state index contributed by atoms with van der Waals surface area (Å²) in [6, 6.07) is 29.0. The predicted octanol–water partition coefficient (Wildman–Crippen LogP) is 6.49. The Kier molecular flexibility index (Phi) is 6.19. The number of rotatable bonds is 7. The average Bonchev–Trinajstić information content (AvgIpc) is 3.26. The number of hydrogen-bond acceptors (Lipinski definition) is 4. The molecule has 1 amide bonds. The van der Waals surface area contributed by atoms with Gasteiger partial charge in [-0.15, -0.1) is 11.8 Å². The number of methoxy groups -OCH3 is 1. The Balaban J connectivity index is 1.19. The van der Waals surface area contributed by atoms with Crippen molar-refractivity contribution in [2.45, 2.75) is 11.3 Å². The van der Waals surface area contributed by atoms with Crippen LogP contribution in [0.2, 0.25) is 0 Å². The molecule has 1 N–H and O–H groups in total. The monoisotopic (exact) mass is 465 g/mol. The Morgan fingerprint density at radius 1 is 0.824 bits per heavy atom. The third kappa shape index (κ3) is 4.61. The molecule has 4 aromatic rings. The standard InChI is InChI=1S/C29H23NO3S/c1-33-24-7-4-6-21(17-24)29(32)30-23-10-12-25(13-11-23)34-18-28(31)20-9-14-27-22(16-20)15-19-5-2-3-8-26(19)27/h2-14,16-17H,15,18H2,1H3,(H,30,32). The molecule has 0 atom stereocenters. The second-order valence-electron chi connectivity index (χ2n) is 8.13. The van der Waals surface area contributed by atoms with E-state index in [1.54, 1.807) is 31.4 Å². The maximum atomic E-state index is 12.8. The quantitative estimate of drug-likeness (QED) is 0.220. The maximum Gasteiger partial charge on any atom is 0.255 e. The third-order valence-corrected chi connectivity index (χ3v) is 6.94. The molecule has 4 aromatic carbocycles. The second kappa shape index (κ2) is 9.57. The van der Waals surface area contributed by atoms with Gasteiger partial charge in [-0.3, -0.25) is 9.59 Å². The molecule has 0 aliphatic heterocycles. The molecule has 0 aromatic heterocycles. The Morgan fingerprint density at radius 3 is 2.44 bits per heavy atom. The van der Waals surface area contributed by atoms with E-state index in [4.69, 9.17) is 4.74 Å². The average molecular weight is 466 g/mol. The van der Waals surface area contributed by atoms with Crippen molar-refractivity contribution in [2.24, 2.45) is 0 Å². The highest BCUT2D eigenvalue weighted by molar-refractivity contribution is 8.00. The van der Waals surface area contributed by atoms with Gasteiger partial charge in [0.1, 0.15) is 5.75 Å². The van der Waals surface area contributed by atoms with Crippen molar-refractivity contribution in [2.75, 3.05) is 18.2 Å². The van der Waals surface area contributed by atoms with E-state index in [-0.39, 0.29) is 11.7 Å². The molecule has 34 heavy (non-hydrogen) atoms. The maximum absolute atomic E-state index is 12.8. The third-order valence-electron chi connectivity index (χ3n) is 5.93. The second-order valence-corrected chi connectivity index (χ2v) is 9.18. The number of ketones is 1. The first-order valence-electron chi connectivity index (χ1n) is 11.0. The predicted molar refractivity (Wildman–Crippen MR) is 137 cm³/mol. The van der Waals surface area contributed by atoms with Crippen LogP contribution in [0.1, 0.15) is 31.8 Å². The summed E-state index contributed by atoms with van der Waals surface area (Å²) >= 11 is 1.49. The highest BCUT2D eigenvalue weighted by Crippen LogP contribution is 2.37. The SMILES string of the molecule is COc1cccc(C(=O)Nc2ccc(SCC(=O)c3ccc4c(c3)Cc3ccccc3-4)cc2)c1. The molecular formula is C29H23NO3S. The topological polar surface area (TPSA) is 55.4 Å². The first kappa shape index (κ1) is 22.0. The van der Waals surface area contributed by atoms with Gasteiger partial charge < -0.3 is 10.1 Å². The van der Waals surface area contributed by atoms with Crippen LogP contribution in [-0.4, -0.2) is 24.6 Å². The summed E-state index contributed by atoms with van der Waals surface area (Å²) in [5.74, 6) is 0.908. The van der Waals surface area contributed by atoms with Gasteiger partial charge in [0.2, 0.25) is 0 Å². The summed E-state index contributed by atoms with van der Waals surface area (Å²) in [6.45, 7) is 0. The molecule has 4 nitrogen and oxygen atoms in total. The van der Waals surface area contributed by atoms with E-state index >= 15 is 0 Å². The van der Waals surface area contributed by atoms with Crippen LogP contribution in [0.3, 0.4) is 0 Å². The summed E-state index contributed by atoms with van der Waals surface area (Å²) in [5, 5.41) is 2.89. The van der Waals surface area contributed by atoms with Crippen molar-refractivity contribution in [3.05, 3.63) is 113 Å². The summed E-state index contributed by atoms with van der Waals surface area (Å²) in [6.07, 6.45) is 0.878. The lowest BCUT2D eigenvalue weighted by molar-refractivity contribution is 0.101. The Morgan fingerprint density at radius 2 is 1.62 bits per heavy atom. The summed E-state index contributed by atoms with van der Waals surface area (Å²) < 4.78 is 5.18. The van der Waals surface area contributed by atoms with Crippen molar-refractivity contribution in [1.29, 1.82) is 0 Å². The Hall–Kier alpha value is -3.83. The molecule has 0 saturated heterocycles. The number of nitrogens with one attached hydrogen (secondary N) is 1. The molecule has 0 unspecified atom stereocenters. The van der Waals surface area contributed by atoms with Crippen LogP contribution >= 0.6 is 11.8 Å². The number of Topliss-reactive ketones (excluding diaryl/α,β-unsaturated/α-hetero) is 1. The van der Waals surface area contributed by atoms with Crippen LogP contribution in [0.15, 0.2) is 95.9 Å². The number of anilines is 1. The highest BCUT2D eigenvalue weighted by Gasteiger charge is 2.19. The lowest BCUT2D eigenvalue weighted by Crippen LogP contribution is -2.11. The molecule has 0 fully saturated rings. The molecule has 5 rings (SSSR count). The summed E-state index contributed by atoms with van der Waals surface area (Å²) in [5.41, 5.74) is 7.00. The van der Waals surface area contributed by atoms with E-state index in [0.29, 0.717) is 22.8 Å². The van der Waals surface area contributed by atoms with Gasteiger partial charge in [0.05, 0.1) is 12.9 Å². The van der Waals surface area contributed by atoms with Gasteiger partial charge in [-0.25, -0.2) is 0 Å². The van der Waals surface area contributed by atoms with Crippen molar-refractivity contribution < 1.29 is 14.3 Å². The van der Waals surface area contributed by atoms with Crippen LogP contribution < -0.4 is 10.1 Å². The molecular weight excluding hydrogens is 442 g/mol. The molecule has 0 radical (unpaired) electrons. The zero-order valence-electron chi connectivity index (χ0n) is 18.7. The lowest BCUT2D eigenvalue weighted by Gasteiger charge is -2.08. The first-order chi connectivity index (χ1) is 16.6. The van der Waals surface area contributed by atoms with E-state index < -0.39 is 0 Å². The number of carbonyl (C=O) groups is 2. The number of amides is 1. The van der Waals surface area contributed by atoms with Crippen molar-refractivity contribution in [1.82, 2.24) is 0 Å². The molecule has 1 aliphatic rings. The van der Waals surface area contributed by atoms with Gasteiger partial charge in [-0.05, 0) is 77.2 Å². The highest BCUT2D eigenvalue weighted by atomic mass is 32.2. The fourth-order valence-electron chi connectivity index (χ4n) is 4.15. The number of ether oxygens (including phenoxy) is 1. The molecule has 5 heteroatoms. The fourth-order valence-corrected chi connectivity index (χ4v) is 4.95. The van der Waals surface area contributed by atoms with E-state index in [0.717, 1.165) is 16.9 Å². The van der Waals surface area contributed by atoms with E-state index in [1.165, 1.54) is 34.0 Å². The molecule has 0 bridgehead atoms. The van der Waals surface area contributed by atoms with Gasteiger partial charge >= 0.3 is 0 Å². The van der Waals surface area contributed by atoms with E-state index in [9.17, 15) is 9.59 Å². The van der Waals surface area contributed by atoms with Gasteiger partial charge in [-0.1, -0.05) is 42.5 Å². The smallest absolute Gasteiger partial charge is 0.255 e. The molecule has 0 saturated carbocycles. The molecule has 1 aliphatic carbocycles. The number of benzene rings is 4. The van der Waals surface area contributed by atoms with Crippen molar-refractivity contribution >= 4 is 29.1 Å². The van der Waals surface area contributed by atoms with Crippen molar-refractivity contribution in [3.63, 3.8) is 0 Å². The lowest BCUT2D eigenvalue weighted by atomic mass is 10.0. The van der Waals surface area contributed by atoms with Crippen LogP contribution in [0.4, 0.5) is 5.69 Å². The number of hydrogen-bond donors (Lipinski definition) is 1. The van der Waals surface area contributed by atoms with Gasteiger partial charge in [0.15, 0.2) is 5.78 Å². The zero-order chi connectivity index (χ0) is 23.5. The molecule has 0 spiro atoms. The Labute approximate surface area is 203 Å². The number of thioether (sulfide) groups is 1. The molecule has 0 heterocycles. The van der Waals surface area contributed by atoms with Crippen LogP contribution in [-0.2, 0) is 6.42 Å². The van der Waals surface area contributed by atoms with Crippen molar-refractivity contribution in [3.8, 4) is 16.9 Å². The first-order valence-corrected chi connectivity index (χ1v) is 12.0. The molecule has 168 valence electrons. The van der Waals surface area contributed by atoms with Crippen LogP contribution in [0, 0.1) is 0 Å². The summed E-state index contributed by atoms with van der Waals surface area (Å²) in [7, 11) is 1.57. The fraction of sp³-hybridized carbons (Fsp3) is 0.103. The van der Waals surface area contributed by atoms with Gasteiger partial charge in [0.25, 0.3) is 5.91 Å². The van der Waals surface area contributed by atoms with Gasteiger partial charge in [0, 0.05) is 21.7 Å². The van der Waals surface area contributed by atoms with E-state index in [1.807, 2.05) is 36.4 Å². The van der Waals surface area contributed by atoms with E-state index in [2.05, 4.69) is 35.6 Å². The number of carbonyl (C=O) groups excluding carboxylic acids is 2. The van der Waals surface area contributed by atoms with Crippen LogP contribution in [0.25, 0.3) is 11.1 Å². The minimum Gasteiger partial charge on any atom is -0.497 e. The largest absolute Gasteiger partial charge is 0.497 e. The number of fused-ring (bicyclic) bond motifs is 3. The normalized spacial score (nSPS) is 11.4. The summed E-state index contributed by atoms with van der Waals surface area (Å²) in [4.78, 5) is 26.3. The van der Waals surface area contributed by atoms with Gasteiger partial charge in [-0.2, -0.15) is 0 Å². The van der Waals surface area contributed by atoms with Crippen LogP contribution in [0.5, 0.6) is 5.75 Å². The minimum atomic E-state index is -0.201.